The lowest BCUT2D eigenvalue weighted by atomic mass is 9.84. The fourth-order valence-electron chi connectivity index (χ4n) is 4.26. The number of aryl methyl sites for hydroxylation is 1. The van der Waals surface area contributed by atoms with Gasteiger partial charge in [-0.25, -0.2) is 4.79 Å². The first-order valence-electron chi connectivity index (χ1n) is 10.7. The maximum absolute atomic E-state index is 11.7. The molecule has 1 fully saturated rings. The Labute approximate surface area is 182 Å². The van der Waals surface area contributed by atoms with Crippen LogP contribution in [0.4, 0.5) is 0 Å². The second kappa shape index (κ2) is 9.48. The first kappa shape index (κ1) is 20.7. The van der Waals surface area contributed by atoms with Gasteiger partial charge in [0.2, 0.25) is 0 Å². The summed E-state index contributed by atoms with van der Waals surface area (Å²) in [7, 11) is 1.40. The van der Waals surface area contributed by atoms with Gasteiger partial charge in [-0.15, -0.1) is 11.3 Å². The van der Waals surface area contributed by atoms with Crippen LogP contribution in [0.2, 0.25) is 0 Å². The molecule has 0 spiro atoms. The molecule has 0 saturated heterocycles. The van der Waals surface area contributed by atoms with Crippen LogP contribution in [-0.4, -0.2) is 13.1 Å². The zero-order chi connectivity index (χ0) is 20.9. The third kappa shape index (κ3) is 4.59. The zero-order valence-corrected chi connectivity index (χ0v) is 18.4. The SMILES string of the molecule is COC(=O)c1ccc(OC(c2sc(-c3ccccc3)cc2C)C2CCCCC2)cc1. The van der Waals surface area contributed by atoms with E-state index < -0.39 is 0 Å². The number of thiophene rings is 1. The number of hydrogen-bond acceptors (Lipinski definition) is 4. The molecule has 0 aliphatic heterocycles. The second-order valence-corrected chi connectivity index (χ2v) is 9.06. The summed E-state index contributed by atoms with van der Waals surface area (Å²) in [6.45, 7) is 2.19. The van der Waals surface area contributed by atoms with Gasteiger partial charge in [-0.05, 0) is 61.2 Å². The van der Waals surface area contributed by atoms with Crippen LogP contribution in [0.25, 0.3) is 10.4 Å². The first-order valence-corrected chi connectivity index (χ1v) is 11.5. The summed E-state index contributed by atoms with van der Waals surface area (Å²) in [5.74, 6) is 0.985. The van der Waals surface area contributed by atoms with Gasteiger partial charge in [-0.3, -0.25) is 0 Å². The van der Waals surface area contributed by atoms with Crippen LogP contribution >= 0.6 is 11.3 Å². The number of hydrogen-bond donors (Lipinski definition) is 0. The maximum atomic E-state index is 11.7. The third-order valence-electron chi connectivity index (χ3n) is 5.89. The van der Waals surface area contributed by atoms with Crippen molar-refractivity contribution in [3.63, 3.8) is 0 Å². The minimum Gasteiger partial charge on any atom is -0.485 e. The second-order valence-electron chi connectivity index (χ2n) is 7.98. The highest BCUT2D eigenvalue weighted by atomic mass is 32.1. The van der Waals surface area contributed by atoms with E-state index in [1.54, 1.807) is 12.1 Å². The van der Waals surface area contributed by atoms with Gasteiger partial charge < -0.3 is 9.47 Å². The highest BCUT2D eigenvalue weighted by molar-refractivity contribution is 7.15. The molecule has 1 aliphatic carbocycles. The van der Waals surface area contributed by atoms with Crippen LogP contribution in [0.3, 0.4) is 0 Å². The summed E-state index contributed by atoms with van der Waals surface area (Å²) in [6, 6.07) is 20.1. The summed E-state index contributed by atoms with van der Waals surface area (Å²) in [4.78, 5) is 14.3. The van der Waals surface area contributed by atoms with E-state index in [1.165, 1.54) is 60.1 Å². The average Bonchev–Trinajstić information content (AvgIpc) is 3.20. The predicted octanol–water partition coefficient (Wildman–Crippen LogP) is 7.21. The van der Waals surface area contributed by atoms with E-state index in [1.807, 2.05) is 23.5 Å². The quantitative estimate of drug-likeness (QED) is 0.395. The lowest BCUT2D eigenvalue weighted by Gasteiger charge is -2.30. The van der Waals surface area contributed by atoms with E-state index in [4.69, 9.17) is 9.47 Å². The highest BCUT2D eigenvalue weighted by Gasteiger charge is 2.30. The van der Waals surface area contributed by atoms with Crippen LogP contribution in [0.1, 0.15) is 59.0 Å². The fourth-order valence-corrected chi connectivity index (χ4v) is 5.56. The Morgan fingerprint density at radius 3 is 2.37 bits per heavy atom. The van der Waals surface area contributed by atoms with Crippen molar-refractivity contribution in [1.29, 1.82) is 0 Å². The molecular weight excluding hydrogens is 392 g/mol. The van der Waals surface area contributed by atoms with Crippen molar-refractivity contribution in [2.75, 3.05) is 7.11 Å². The molecule has 3 nitrogen and oxygen atoms in total. The molecule has 1 saturated carbocycles. The van der Waals surface area contributed by atoms with Crippen molar-refractivity contribution >= 4 is 17.3 Å². The van der Waals surface area contributed by atoms with Gasteiger partial charge in [0.15, 0.2) is 0 Å². The molecule has 1 heterocycles. The van der Waals surface area contributed by atoms with E-state index in [9.17, 15) is 4.79 Å². The maximum Gasteiger partial charge on any atom is 0.337 e. The van der Waals surface area contributed by atoms with Crippen molar-refractivity contribution in [2.45, 2.75) is 45.1 Å². The number of methoxy groups -OCH3 is 1. The summed E-state index contributed by atoms with van der Waals surface area (Å²) in [5.41, 5.74) is 3.08. The monoisotopic (exact) mass is 420 g/mol. The van der Waals surface area contributed by atoms with E-state index in [0.29, 0.717) is 11.5 Å². The summed E-state index contributed by atoms with van der Waals surface area (Å²) < 4.78 is 11.4. The van der Waals surface area contributed by atoms with Gasteiger partial charge >= 0.3 is 5.97 Å². The third-order valence-corrected chi connectivity index (χ3v) is 7.24. The van der Waals surface area contributed by atoms with Crippen LogP contribution in [0.5, 0.6) is 5.75 Å². The van der Waals surface area contributed by atoms with Gasteiger partial charge in [0.05, 0.1) is 12.7 Å². The standard InChI is InChI=1S/C26H28O3S/c1-18-17-23(19-9-5-3-6-10-19)30-25(18)24(20-11-7-4-8-12-20)29-22-15-13-21(14-16-22)26(27)28-2/h3,5-6,9-10,13-17,20,24H,4,7-8,11-12H2,1-2H3. The van der Waals surface area contributed by atoms with Gasteiger partial charge in [0.25, 0.3) is 0 Å². The molecule has 1 aliphatic rings. The number of benzene rings is 2. The number of ether oxygens (including phenoxy) is 2. The number of esters is 1. The van der Waals surface area contributed by atoms with Crippen molar-refractivity contribution in [2.24, 2.45) is 5.92 Å². The lowest BCUT2D eigenvalue weighted by Crippen LogP contribution is -2.21. The summed E-state index contributed by atoms with van der Waals surface area (Å²) in [6.07, 6.45) is 6.28. The molecule has 2 aromatic carbocycles. The molecule has 3 aromatic rings. The number of carbonyl (C=O) groups is 1. The highest BCUT2D eigenvalue weighted by Crippen LogP contribution is 2.43. The van der Waals surface area contributed by atoms with Gasteiger partial charge in [0, 0.05) is 15.7 Å². The van der Waals surface area contributed by atoms with E-state index in [-0.39, 0.29) is 12.1 Å². The first-order chi connectivity index (χ1) is 14.7. The van der Waals surface area contributed by atoms with E-state index >= 15 is 0 Å². The molecular formula is C26H28O3S. The molecule has 1 aromatic heterocycles. The molecule has 156 valence electrons. The number of rotatable bonds is 6. The predicted molar refractivity (Wildman–Crippen MR) is 122 cm³/mol. The molecule has 0 radical (unpaired) electrons. The molecule has 30 heavy (non-hydrogen) atoms. The Hall–Kier alpha value is -2.59. The van der Waals surface area contributed by atoms with Gasteiger partial charge in [0.1, 0.15) is 11.9 Å². The van der Waals surface area contributed by atoms with Crippen molar-refractivity contribution in [1.82, 2.24) is 0 Å². The zero-order valence-electron chi connectivity index (χ0n) is 17.6. The number of carbonyl (C=O) groups excluding carboxylic acids is 1. The molecule has 1 atom stereocenters. The molecule has 0 N–H and O–H groups in total. The van der Waals surface area contributed by atoms with Gasteiger partial charge in [-0.1, -0.05) is 49.6 Å². The minimum absolute atomic E-state index is 0.0386. The molecule has 0 amide bonds. The molecule has 4 heteroatoms. The Bertz CT molecular complexity index is 969. The van der Waals surface area contributed by atoms with Crippen LogP contribution < -0.4 is 4.74 Å². The minimum atomic E-state index is -0.327. The molecule has 0 bridgehead atoms. The summed E-state index contributed by atoms with van der Waals surface area (Å²) >= 11 is 1.85. The molecule has 1 unspecified atom stereocenters. The Kier molecular flexibility index (Phi) is 6.53. The average molecular weight is 421 g/mol. The Balaban J connectivity index is 1.64. The van der Waals surface area contributed by atoms with Crippen molar-refractivity contribution < 1.29 is 14.3 Å². The summed E-state index contributed by atoms with van der Waals surface area (Å²) in [5, 5.41) is 0. The topological polar surface area (TPSA) is 35.5 Å². The van der Waals surface area contributed by atoms with Crippen LogP contribution in [0.15, 0.2) is 60.7 Å². The molecule has 4 rings (SSSR count). The van der Waals surface area contributed by atoms with E-state index in [2.05, 4.69) is 43.3 Å². The van der Waals surface area contributed by atoms with Crippen LogP contribution in [-0.2, 0) is 4.74 Å². The van der Waals surface area contributed by atoms with Crippen molar-refractivity contribution in [3.8, 4) is 16.2 Å². The Morgan fingerprint density at radius 1 is 1.00 bits per heavy atom. The smallest absolute Gasteiger partial charge is 0.337 e. The van der Waals surface area contributed by atoms with Crippen molar-refractivity contribution in [3.05, 3.63) is 76.7 Å². The normalized spacial score (nSPS) is 15.5. The lowest BCUT2D eigenvalue weighted by molar-refractivity contribution is 0.0600. The van der Waals surface area contributed by atoms with E-state index in [0.717, 1.165) is 5.75 Å². The van der Waals surface area contributed by atoms with Gasteiger partial charge in [-0.2, -0.15) is 0 Å². The Morgan fingerprint density at radius 2 is 1.70 bits per heavy atom. The fraction of sp³-hybridized carbons (Fsp3) is 0.346. The van der Waals surface area contributed by atoms with Crippen LogP contribution in [0, 0.1) is 12.8 Å². The largest absolute Gasteiger partial charge is 0.485 e.